The Hall–Kier alpha value is -2.08. The smallest absolute Gasteiger partial charge is 0.173 e. The molecule has 4 nitrogen and oxygen atoms in total. The minimum atomic E-state index is -0.377. The Morgan fingerprint density at radius 3 is 2.70 bits per heavy atom. The van der Waals surface area contributed by atoms with Gasteiger partial charge < -0.3 is 15.7 Å². The van der Waals surface area contributed by atoms with Crippen LogP contribution in [0.2, 0.25) is 0 Å². The summed E-state index contributed by atoms with van der Waals surface area (Å²) in [4.78, 5) is 0. The number of nitrogens with two attached hydrogens (primary N) is 1. The van der Waals surface area contributed by atoms with E-state index in [9.17, 15) is 4.39 Å². The number of halogens is 2. The van der Waals surface area contributed by atoms with Gasteiger partial charge in [-0.1, -0.05) is 16.8 Å². The Bertz CT molecular complexity index is 674. The van der Waals surface area contributed by atoms with Crippen molar-refractivity contribution in [3.63, 3.8) is 0 Å². The van der Waals surface area contributed by atoms with Crippen molar-refractivity contribution in [3.8, 4) is 11.5 Å². The van der Waals surface area contributed by atoms with Gasteiger partial charge in [0.2, 0.25) is 0 Å². The summed E-state index contributed by atoms with van der Waals surface area (Å²) in [5.41, 5.74) is 7.03. The van der Waals surface area contributed by atoms with E-state index in [1.54, 1.807) is 12.1 Å². The lowest BCUT2D eigenvalue weighted by Crippen LogP contribution is -2.14. The average Bonchev–Trinajstić information content (AvgIpc) is 2.44. The van der Waals surface area contributed by atoms with Crippen LogP contribution in [0.3, 0.4) is 0 Å². The molecule has 2 rings (SSSR count). The molecule has 104 valence electrons. The molecule has 0 saturated heterocycles. The Labute approximate surface area is 123 Å². The summed E-state index contributed by atoms with van der Waals surface area (Å²) in [5.74, 6) is 0.432. The summed E-state index contributed by atoms with van der Waals surface area (Å²) in [6.45, 7) is 1.88. The average molecular weight is 339 g/mol. The zero-order valence-corrected chi connectivity index (χ0v) is 12.2. The van der Waals surface area contributed by atoms with Crippen molar-refractivity contribution in [3.05, 3.63) is 57.8 Å². The van der Waals surface area contributed by atoms with Gasteiger partial charge in [0.25, 0.3) is 0 Å². The third-order valence-electron chi connectivity index (χ3n) is 2.64. The first-order valence-electron chi connectivity index (χ1n) is 5.72. The number of rotatable bonds is 3. The maximum Gasteiger partial charge on any atom is 0.173 e. The number of amidine groups is 1. The van der Waals surface area contributed by atoms with Gasteiger partial charge in [-0.3, -0.25) is 0 Å². The summed E-state index contributed by atoms with van der Waals surface area (Å²) in [7, 11) is 0. The van der Waals surface area contributed by atoms with E-state index in [0.717, 1.165) is 5.56 Å². The quantitative estimate of drug-likeness (QED) is 0.387. The predicted octanol–water partition coefficient (Wildman–Crippen LogP) is 3.78. The van der Waals surface area contributed by atoms with E-state index in [4.69, 9.17) is 15.7 Å². The molecule has 0 unspecified atom stereocenters. The van der Waals surface area contributed by atoms with Gasteiger partial charge in [-0.2, -0.15) is 0 Å². The van der Waals surface area contributed by atoms with E-state index >= 15 is 0 Å². The third kappa shape index (κ3) is 3.08. The molecular weight excluding hydrogens is 327 g/mol. The molecule has 3 N–H and O–H groups in total. The van der Waals surface area contributed by atoms with Gasteiger partial charge in [-0.25, -0.2) is 4.39 Å². The van der Waals surface area contributed by atoms with Gasteiger partial charge in [0, 0.05) is 0 Å². The molecule has 2 aromatic carbocycles. The van der Waals surface area contributed by atoms with Gasteiger partial charge in [0.05, 0.1) is 10.0 Å². The molecule has 0 heterocycles. The van der Waals surface area contributed by atoms with E-state index < -0.39 is 0 Å². The summed E-state index contributed by atoms with van der Waals surface area (Å²) >= 11 is 3.09. The molecule has 6 heteroatoms. The van der Waals surface area contributed by atoms with Crippen LogP contribution in [0.25, 0.3) is 0 Å². The van der Waals surface area contributed by atoms with Crippen LogP contribution in [0.4, 0.5) is 4.39 Å². The molecule has 2 aromatic rings. The summed E-state index contributed by atoms with van der Waals surface area (Å²) in [6.07, 6.45) is 0. The number of nitrogens with zero attached hydrogens (tertiary/aromatic N) is 1. The molecule has 0 saturated carbocycles. The van der Waals surface area contributed by atoms with Gasteiger partial charge in [0.1, 0.15) is 17.3 Å². The first-order valence-corrected chi connectivity index (χ1v) is 6.52. The second-order valence-corrected chi connectivity index (χ2v) is 5.02. The maximum atomic E-state index is 13.2. The first-order chi connectivity index (χ1) is 9.51. The molecule has 0 aliphatic rings. The van der Waals surface area contributed by atoms with E-state index in [1.165, 1.54) is 18.2 Å². The highest BCUT2D eigenvalue weighted by Crippen LogP contribution is 2.29. The van der Waals surface area contributed by atoms with Crippen molar-refractivity contribution in [1.29, 1.82) is 0 Å². The molecule has 0 fully saturated rings. The maximum absolute atomic E-state index is 13.2. The largest absolute Gasteiger partial charge is 0.457 e. The summed E-state index contributed by atoms with van der Waals surface area (Å²) in [5, 5.41) is 11.8. The van der Waals surface area contributed by atoms with Gasteiger partial charge >= 0.3 is 0 Å². The van der Waals surface area contributed by atoms with Crippen molar-refractivity contribution in [1.82, 2.24) is 0 Å². The van der Waals surface area contributed by atoms with Crippen molar-refractivity contribution < 1.29 is 14.3 Å². The minimum absolute atomic E-state index is 0.0510. The van der Waals surface area contributed by atoms with Crippen LogP contribution in [-0.2, 0) is 0 Å². The molecule has 0 atom stereocenters. The van der Waals surface area contributed by atoms with Crippen LogP contribution in [0.5, 0.6) is 11.5 Å². The fraction of sp³-hybridized carbons (Fsp3) is 0.0714. The van der Waals surface area contributed by atoms with E-state index in [0.29, 0.717) is 21.5 Å². The second-order valence-electron chi connectivity index (χ2n) is 4.16. The highest BCUT2D eigenvalue weighted by atomic mass is 79.9. The predicted molar refractivity (Wildman–Crippen MR) is 77.9 cm³/mol. The van der Waals surface area contributed by atoms with Crippen LogP contribution in [0, 0.1) is 12.7 Å². The van der Waals surface area contributed by atoms with E-state index in [2.05, 4.69) is 21.1 Å². The lowest BCUT2D eigenvalue weighted by atomic mass is 10.1. The Morgan fingerprint density at radius 1 is 1.30 bits per heavy atom. The molecule has 0 aromatic heterocycles. The number of ether oxygens (including phenoxy) is 1. The number of oxime groups is 1. The first kappa shape index (κ1) is 14.3. The van der Waals surface area contributed by atoms with Crippen molar-refractivity contribution in [2.24, 2.45) is 10.9 Å². The van der Waals surface area contributed by atoms with Crippen LogP contribution in [-0.4, -0.2) is 11.0 Å². The Kier molecular flexibility index (Phi) is 4.24. The molecular formula is C14H12BrFN2O2. The second kappa shape index (κ2) is 5.92. The van der Waals surface area contributed by atoms with Gasteiger partial charge in [-0.15, -0.1) is 0 Å². The minimum Gasteiger partial charge on any atom is -0.457 e. The highest BCUT2D eigenvalue weighted by molar-refractivity contribution is 9.10. The monoisotopic (exact) mass is 338 g/mol. The zero-order chi connectivity index (χ0) is 14.7. The SMILES string of the molecule is Cc1ccc(Oc2ccc(F)c(Br)c2)c(/C(N)=N/O)c1. The molecule has 0 amide bonds. The summed E-state index contributed by atoms with van der Waals surface area (Å²) in [6, 6.07) is 9.57. The zero-order valence-electron chi connectivity index (χ0n) is 10.6. The van der Waals surface area contributed by atoms with Crippen LogP contribution >= 0.6 is 15.9 Å². The molecule has 0 bridgehead atoms. The summed E-state index contributed by atoms with van der Waals surface area (Å²) < 4.78 is 19.1. The number of hydrogen-bond acceptors (Lipinski definition) is 3. The van der Waals surface area contributed by atoms with Crippen molar-refractivity contribution in [2.45, 2.75) is 6.92 Å². The lowest BCUT2D eigenvalue weighted by Gasteiger charge is -2.11. The highest BCUT2D eigenvalue weighted by Gasteiger charge is 2.10. The van der Waals surface area contributed by atoms with Crippen LogP contribution in [0.15, 0.2) is 46.0 Å². The molecule has 0 aliphatic heterocycles. The van der Waals surface area contributed by atoms with Crippen molar-refractivity contribution in [2.75, 3.05) is 0 Å². The standard InChI is InChI=1S/C14H12BrFN2O2/c1-8-2-5-13(10(6-8)14(17)18-19)20-9-3-4-12(16)11(15)7-9/h2-7,19H,1H3,(H2,17,18). The molecule has 0 spiro atoms. The van der Waals surface area contributed by atoms with Crippen molar-refractivity contribution >= 4 is 21.8 Å². The fourth-order valence-corrected chi connectivity index (χ4v) is 2.01. The molecule has 0 aliphatic carbocycles. The van der Waals surface area contributed by atoms with E-state index in [-0.39, 0.29) is 11.7 Å². The lowest BCUT2D eigenvalue weighted by molar-refractivity contribution is 0.318. The normalized spacial score (nSPS) is 11.4. The van der Waals surface area contributed by atoms with E-state index in [1.807, 2.05) is 13.0 Å². The molecule has 20 heavy (non-hydrogen) atoms. The Balaban J connectivity index is 2.40. The molecule has 0 radical (unpaired) electrons. The van der Waals surface area contributed by atoms with Crippen LogP contribution < -0.4 is 10.5 Å². The van der Waals surface area contributed by atoms with Crippen LogP contribution in [0.1, 0.15) is 11.1 Å². The topological polar surface area (TPSA) is 67.8 Å². The number of benzene rings is 2. The number of hydrogen-bond donors (Lipinski definition) is 2. The Morgan fingerprint density at radius 2 is 2.05 bits per heavy atom. The number of aryl methyl sites for hydroxylation is 1. The van der Waals surface area contributed by atoms with Gasteiger partial charge in [-0.05, 0) is 53.2 Å². The third-order valence-corrected chi connectivity index (χ3v) is 3.25. The fourth-order valence-electron chi connectivity index (χ4n) is 1.65. The van der Waals surface area contributed by atoms with Gasteiger partial charge in [0.15, 0.2) is 5.84 Å².